The van der Waals surface area contributed by atoms with Crippen LogP contribution in [-0.2, 0) is 9.53 Å². The lowest BCUT2D eigenvalue weighted by Crippen LogP contribution is -2.15. The normalized spacial score (nSPS) is 10.5. The molecule has 3 aromatic rings. The lowest BCUT2D eigenvalue weighted by Gasteiger charge is -2.09. The van der Waals surface area contributed by atoms with E-state index in [-0.39, 0.29) is 11.7 Å². The number of aromatic nitrogens is 2. The zero-order chi connectivity index (χ0) is 20.1. The van der Waals surface area contributed by atoms with Crippen molar-refractivity contribution in [1.29, 1.82) is 0 Å². The molecule has 2 aromatic carbocycles. The Bertz CT molecular complexity index is 999. The highest BCUT2D eigenvalue weighted by molar-refractivity contribution is 8.00. The number of methoxy groups -OCH3 is 1. The van der Waals surface area contributed by atoms with Gasteiger partial charge in [-0.2, -0.15) is 5.10 Å². The Morgan fingerprint density at radius 3 is 2.46 bits per heavy atom. The molecule has 0 aliphatic carbocycles. The van der Waals surface area contributed by atoms with Crippen molar-refractivity contribution in [3.63, 3.8) is 0 Å². The third kappa shape index (κ3) is 4.26. The fourth-order valence-electron chi connectivity index (χ4n) is 2.83. The van der Waals surface area contributed by atoms with Crippen LogP contribution in [-0.4, -0.2) is 34.5 Å². The molecule has 0 saturated heterocycles. The maximum absolute atomic E-state index is 12.5. The topological polar surface area (TPSA) is 73.2 Å². The van der Waals surface area contributed by atoms with E-state index in [1.807, 2.05) is 54.9 Å². The summed E-state index contributed by atoms with van der Waals surface area (Å²) in [5.41, 5.74) is 3.69. The monoisotopic (exact) mass is 395 g/mol. The van der Waals surface area contributed by atoms with Crippen LogP contribution in [0, 0.1) is 13.8 Å². The fraction of sp³-hybridized carbons (Fsp3) is 0.190. The molecule has 28 heavy (non-hydrogen) atoms. The van der Waals surface area contributed by atoms with Gasteiger partial charge in [0.2, 0.25) is 5.91 Å². The van der Waals surface area contributed by atoms with E-state index in [1.165, 1.54) is 18.9 Å². The van der Waals surface area contributed by atoms with Crippen LogP contribution >= 0.6 is 11.8 Å². The van der Waals surface area contributed by atoms with Gasteiger partial charge in [0.05, 0.1) is 41.2 Å². The predicted molar refractivity (Wildman–Crippen MR) is 110 cm³/mol. The molecule has 0 unspecified atom stereocenters. The van der Waals surface area contributed by atoms with Crippen LogP contribution in [0.4, 0.5) is 5.69 Å². The second-order valence-electron chi connectivity index (χ2n) is 6.12. The number of nitrogens with zero attached hydrogens (tertiary/aromatic N) is 2. The zero-order valence-electron chi connectivity index (χ0n) is 15.9. The highest BCUT2D eigenvalue weighted by atomic mass is 32.2. The van der Waals surface area contributed by atoms with E-state index in [4.69, 9.17) is 4.74 Å². The van der Waals surface area contributed by atoms with Crippen LogP contribution < -0.4 is 5.32 Å². The molecule has 0 aliphatic heterocycles. The minimum absolute atomic E-state index is 0.163. The van der Waals surface area contributed by atoms with Crippen molar-refractivity contribution in [2.45, 2.75) is 18.7 Å². The number of amides is 1. The van der Waals surface area contributed by atoms with E-state index in [0.717, 1.165) is 17.1 Å². The van der Waals surface area contributed by atoms with Crippen molar-refractivity contribution in [2.75, 3.05) is 18.2 Å². The number of rotatable bonds is 6. The van der Waals surface area contributed by atoms with E-state index in [2.05, 4.69) is 10.4 Å². The van der Waals surface area contributed by atoms with E-state index in [0.29, 0.717) is 16.1 Å². The second-order valence-corrected chi connectivity index (χ2v) is 7.13. The van der Waals surface area contributed by atoms with Gasteiger partial charge < -0.3 is 10.1 Å². The number of nitrogens with one attached hydrogen (secondary N) is 1. The van der Waals surface area contributed by atoms with Crippen molar-refractivity contribution in [1.82, 2.24) is 9.78 Å². The van der Waals surface area contributed by atoms with Crippen LogP contribution in [0.15, 0.2) is 59.5 Å². The Morgan fingerprint density at radius 2 is 1.75 bits per heavy atom. The Balaban J connectivity index is 1.71. The number of carbonyl (C=O) groups excluding carboxylic acids is 2. The summed E-state index contributed by atoms with van der Waals surface area (Å²) >= 11 is 1.29. The first-order valence-electron chi connectivity index (χ1n) is 8.73. The SMILES string of the molecule is COC(=O)c1ccccc1SCC(=O)Nc1c(C)nn(-c2ccccc2)c1C. The van der Waals surface area contributed by atoms with Crippen LogP contribution in [0.1, 0.15) is 21.7 Å². The summed E-state index contributed by atoms with van der Waals surface area (Å²) in [4.78, 5) is 25.1. The van der Waals surface area contributed by atoms with Crippen molar-refractivity contribution in [2.24, 2.45) is 0 Å². The molecular weight excluding hydrogens is 374 g/mol. The fourth-order valence-corrected chi connectivity index (χ4v) is 3.67. The van der Waals surface area contributed by atoms with Gasteiger partial charge in [0.1, 0.15) is 0 Å². The molecule has 0 radical (unpaired) electrons. The van der Waals surface area contributed by atoms with Gasteiger partial charge in [-0.1, -0.05) is 30.3 Å². The second kappa shape index (κ2) is 8.75. The summed E-state index contributed by atoms with van der Waals surface area (Å²) in [7, 11) is 1.34. The first-order valence-corrected chi connectivity index (χ1v) is 9.71. The molecule has 7 heteroatoms. The van der Waals surface area contributed by atoms with E-state index >= 15 is 0 Å². The molecule has 3 rings (SSSR count). The van der Waals surface area contributed by atoms with Crippen LogP contribution in [0.3, 0.4) is 0 Å². The van der Waals surface area contributed by atoms with Crippen LogP contribution in [0.5, 0.6) is 0 Å². The first kappa shape index (κ1) is 19.7. The highest BCUT2D eigenvalue weighted by Gasteiger charge is 2.17. The van der Waals surface area contributed by atoms with Gasteiger partial charge in [-0.15, -0.1) is 11.8 Å². The summed E-state index contributed by atoms with van der Waals surface area (Å²) < 4.78 is 6.60. The number of anilines is 1. The van der Waals surface area contributed by atoms with Crippen molar-refractivity contribution in [3.8, 4) is 5.69 Å². The van der Waals surface area contributed by atoms with Gasteiger partial charge in [-0.25, -0.2) is 9.48 Å². The van der Waals surface area contributed by atoms with Crippen molar-refractivity contribution in [3.05, 3.63) is 71.5 Å². The summed E-state index contributed by atoms with van der Waals surface area (Å²) in [6.07, 6.45) is 0. The maximum atomic E-state index is 12.5. The largest absolute Gasteiger partial charge is 0.465 e. The number of hydrogen-bond donors (Lipinski definition) is 1. The lowest BCUT2D eigenvalue weighted by atomic mass is 10.2. The number of para-hydroxylation sites is 1. The molecule has 6 nitrogen and oxygen atoms in total. The van der Waals surface area contributed by atoms with E-state index in [9.17, 15) is 9.59 Å². The zero-order valence-corrected chi connectivity index (χ0v) is 16.7. The van der Waals surface area contributed by atoms with Gasteiger partial charge in [0.25, 0.3) is 0 Å². The molecule has 0 atom stereocenters. The number of esters is 1. The summed E-state index contributed by atoms with van der Waals surface area (Å²) in [6, 6.07) is 16.8. The Hall–Kier alpha value is -3.06. The number of thioether (sulfide) groups is 1. The number of hydrogen-bond acceptors (Lipinski definition) is 5. The average Bonchev–Trinajstić information content (AvgIpc) is 3.00. The minimum Gasteiger partial charge on any atom is -0.465 e. The molecule has 0 saturated carbocycles. The van der Waals surface area contributed by atoms with E-state index < -0.39 is 5.97 Å². The quantitative estimate of drug-likeness (QED) is 0.504. The molecule has 0 bridgehead atoms. The molecule has 0 fully saturated rings. The summed E-state index contributed by atoms with van der Waals surface area (Å²) in [5, 5.41) is 7.48. The molecule has 0 aliphatic rings. The van der Waals surface area contributed by atoms with Gasteiger partial charge in [0, 0.05) is 4.90 Å². The molecule has 144 valence electrons. The number of benzene rings is 2. The molecule has 1 aromatic heterocycles. The highest BCUT2D eigenvalue weighted by Crippen LogP contribution is 2.25. The van der Waals surface area contributed by atoms with E-state index in [1.54, 1.807) is 18.2 Å². The standard InChI is InChI=1S/C21H21N3O3S/c1-14-20(15(2)24(23-14)16-9-5-4-6-10-16)22-19(25)13-28-18-12-8-7-11-17(18)21(26)27-3/h4-12H,13H2,1-3H3,(H,22,25). The molecule has 1 amide bonds. The Morgan fingerprint density at radius 1 is 1.07 bits per heavy atom. The number of aryl methyl sites for hydroxylation is 1. The first-order chi connectivity index (χ1) is 13.5. The Kier molecular flexibility index (Phi) is 6.16. The smallest absolute Gasteiger partial charge is 0.338 e. The third-order valence-corrected chi connectivity index (χ3v) is 5.28. The number of carbonyl (C=O) groups is 2. The molecule has 0 spiro atoms. The molecule has 1 N–H and O–H groups in total. The number of ether oxygens (including phenoxy) is 1. The van der Waals surface area contributed by atoms with Crippen LogP contribution in [0.25, 0.3) is 5.69 Å². The van der Waals surface area contributed by atoms with Crippen molar-refractivity contribution < 1.29 is 14.3 Å². The van der Waals surface area contributed by atoms with Gasteiger partial charge in [-0.05, 0) is 38.1 Å². The Labute approximate surface area is 167 Å². The van der Waals surface area contributed by atoms with Gasteiger partial charge >= 0.3 is 5.97 Å². The van der Waals surface area contributed by atoms with Crippen LogP contribution in [0.2, 0.25) is 0 Å². The third-order valence-electron chi connectivity index (χ3n) is 4.21. The average molecular weight is 395 g/mol. The molecule has 1 heterocycles. The summed E-state index contributed by atoms with van der Waals surface area (Å²) in [6.45, 7) is 3.78. The lowest BCUT2D eigenvalue weighted by molar-refractivity contribution is -0.113. The van der Waals surface area contributed by atoms with Gasteiger partial charge in [0.15, 0.2) is 0 Å². The predicted octanol–water partition coefficient (Wildman–Crippen LogP) is 4.01. The van der Waals surface area contributed by atoms with Gasteiger partial charge in [-0.3, -0.25) is 4.79 Å². The maximum Gasteiger partial charge on any atom is 0.338 e. The molecular formula is C21H21N3O3S. The minimum atomic E-state index is -0.417. The summed E-state index contributed by atoms with van der Waals surface area (Å²) in [5.74, 6) is -0.411. The van der Waals surface area contributed by atoms with Crippen molar-refractivity contribution >= 4 is 29.3 Å².